The van der Waals surface area contributed by atoms with Gasteiger partial charge in [0.25, 0.3) is 0 Å². The predicted molar refractivity (Wildman–Crippen MR) is 93.4 cm³/mol. The number of nitrogens with zero attached hydrogens (tertiary/aromatic N) is 3. The molecule has 4 heteroatoms. The van der Waals surface area contributed by atoms with Crippen LogP contribution in [0.25, 0.3) is 0 Å². The summed E-state index contributed by atoms with van der Waals surface area (Å²) in [5.41, 5.74) is 2.35. The molecule has 2 rings (SSSR count). The lowest BCUT2D eigenvalue weighted by Gasteiger charge is -2.24. The molecule has 0 bridgehead atoms. The van der Waals surface area contributed by atoms with Crippen LogP contribution in [0.3, 0.4) is 0 Å². The third kappa shape index (κ3) is 6.20. The fraction of sp³-hybridized carbons (Fsp3) is 0.368. The maximum Gasteiger partial charge on any atom is 0.213 e. The summed E-state index contributed by atoms with van der Waals surface area (Å²) in [6, 6.07) is 8.00. The molecule has 2 heterocycles. The van der Waals surface area contributed by atoms with E-state index in [9.17, 15) is 0 Å². The van der Waals surface area contributed by atoms with Crippen molar-refractivity contribution in [1.82, 2.24) is 14.9 Å². The molecular formula is C19H25N3O. The summed E-state index contributed by atoms with van der Waals surface area (Å²) in [5, 5.41) is 0. The number of hydrogen-bond donors (Lipinski definition) is 0. The molecule has 0 amide bonds. The standard InChI is InChI=1S/C19H25N3O/c1-4-5-8-18(23-19-12-16(2)9-11-21-19)15-22(3)14-17-7-6-10-20-13-17/h4,6-7,9-13,18H,1,5,8,14-15H2,2-3H3/t18-/m1/s1. The van der Waals surface area contributed by atoms with Gasteiger partial charge < -0.3 is 4.74 Å². The number of ether oxygens (including phenoxy) is 1. The Morgan fingerprint density at radius 2 is 2.22 bits per heavy atom. The average molecular weight is 311 g/mol. The van der Waals surface area contributed by atoms with Gasteiger partial charge in [-0.25, -0.2) is 4.98 Å². The van der Waals surface area contributed by atoms with Crippen molar-refractivity contribution in [2.24, 2.45) is 0 Å². The van der Waals surface area contributed by atoms with Crippen molar-refractivity contribution in [3.8, 4) is 5.88 Å². The third-order valence-electron chi connectivity index (χ3n) is 3.56. The lowest BCUT2D eigenvalue weighted by molar-refractivity contribution is 0.132. The lowest BCUT2D eigenvalue weighted by Crippen LogP contribution is -2.33. The summed E-state index contributed by atoms with van der Waals surface area (Å²) in [7, 11) is 2.10. The van der Waals surface area contributed by atoms with Gasteiger partial charge in [0, 0.05) is 37.7 Å². The highest BCUT2D eigenvalue weighted by Gasteiger charge is 2.14. The molecule has 0 aliphatic carbocycles. The largest absolute Gasteiger partial charge is 0.473 e. The minimum absolute atomic E-state index is 0.0870. The van der Waals surface area contributed by atoms with E-state index in [1.165, 1.54) is 5.56 Å². The Morgan fingerprint density at radius 1 is 1.35 bits per heavy atom. The molecule has 0 radical (unpaired) electrons. The highest BCUT2D eigenvalue weighted by molar-refractivity contribution is 5.19. The van der Waals surface area contributed by atoms with Crippen molar-refractivity contribution in [3.63, 3.8) is 0 Å². The molecule has 0 spiro atoms. The van der Waals surface area contributed by atoms with Gasteiger partial charge in [-0.05, 0) is 50.1 Å². The van der Waals surface area contributed by atoms with Crippen LogP contribution in [0.1, 0.15) is 24.0 Å². The molecule has 0 aliphatic rings. The highest BCUT2D eigenvalue weighted by atomic mass is 16.5. The molecule has 0 unspecified atom stereocenters. The van der Waals surface area contributed by atoms with Gasteiger partial charge in [-0.15, -0.1) is 6.58 Å². The molecule has 4 nitrogen and oxygen atoms in total. The Hall–Kier alpha value is -2.20. The summed E-state index contributed by atoms with van der Waals surface area (Å²) in [6.07, 6.45) is 9.36. The van der Waals surface area contributed by atoms with E-state index in [4.69, 9.17) is 4.74 Å². The van der Waals surface area contributed by atoms with Gasteiger partial charge in [-0.3, -0.25) is 9.88 Å². The first-order valence-corrected chi connectivity index (χ1v) is 7.95. The van der Waals surface area contributed by atoms with Crippen molar-refractivity contribution >= 4 is 0 Å². The second-order valence-electron chi connectivity index (χ2n) is 5.84. The number of likely N-dealkylation sites (N-methyl/N-ethyl adjacent to an activating group) is 1. The predicted octanol–water partition coefficient (Wildman–Crippen LogP) is 3.63. The normalized spacial score (nSPS) is 12.1. The Morgan fingerprint density at radius 3 is 2.91 bits per heavy atom. The minimum Gasteiger partial charge on any atom is -0.473 e. The van der Waals surface area contributed by atoms with Crippen LogP contribution in [-0.2, 0) is 6.54 Å². The SMILES string of the molecule is C=CCC[C@H](CN(C)Cc1cccnc1)Oc1cc(C)ccn1. The molecule has 0 aromatic carbocycles. The third-order valence-corrected chi connectivity index (χ3v) is 3.56. The van der Waals surface area contributed by atoms with Crippen LogP contribution < -0.4 is 4.74 Å². The topological polar surface area (TPSA) is 38.2 Å². The van der Waals surface area contributed by atoms with Crippen LogP contribution in [0.2, 0.25) is 0 Å². The van der Waals surface area contributed by atoms with Gasteiger partial charge in [0.1, 0.15) is 6.10 Å². The highest BCUT2D eigenvalue weighted by Crippen LogP contribution is 2.14. The molecule has 0 saturated carbocycles. The van der Waals surface area contributed by atoms with Gasteiger partial charge >= 0.3 is 0 Å². The van der Waals surface area contributed by atoms with E-state index in [-0.39, 0.29) is 6.10 Å². The number of hydrogen-bond acceptors (Lipinski definition) is 4. The fourth-order valence-corrected chi connectivity index (χ4v) is 2.45. The van der Waals surface area contributed by atoms with Gasteiger partial charge in [0.05, 0.1) is 0 Å². The molecule has 0 fully saturated rings. The summed E-state index contributed by atoms with van der Waals surface area (Å²) >= 11 is 0. The van der Waals surface area contributed by atoms with Crippen molar-refractivity contribution in [2.75, 3.05) is 13.6 Å². The first kappa shape index (κ1) is 17.2. The van der Waals surface area contributed by atoms with Crippen molar-refractivity contribution in [1.29, 1.82) is 0 Å². The second-order valence-corrected chi connectivity index (χ2v) is 5.84. The van der Waals surface area contributed by atoms with E-state index in [1.807, 2.05) is 37.4 Å². The van der Waals surface area contributed by atoms with Gasteiger partial charge in [0.2, 0.25) is 5.88 Å². The zero-order valence-corrected chi connectivity index (χ0v) is 14.0. The van der Waals surface area contributed by atoms with Gasteiger partial charge in [-0.2, -0.15) is 0 Å². The van der Waals surface area contributed by atoms with E-state index in [2.05, 4.69) is 34.6 Å². The lowest BCUT2D eigenvalue weighted by atomic mass is 10.1. The first-order chi connectivity index (χ1) is 11.2. The van der Waals surface area contributed by atoms with E-state index in [1.54, 1.807) is 12.4 Å². The molecule has 1 atom stereocenters. The zero-order chi connectivity index (χ0) is 16.5. The van der Waals surface area contributed by atoms with Crippen molar-refractivity contribution in [3.05, 3.63) is 66.6 Å². The van der Waals surface area contributed by atoms with Gasteiger partial charge in [-0.1, -0.05) is 12.1 Å². The number of rotatable bonds is 9. The fourth-order valence-electron chi connectivity index (χ4n) is 2.45. The van der Waals surface area contributed by atoms with E-state index in [0.29, 0.717) is 5.88 Å². The molecule has 2 aromatic heterocycles. The number of aryl methyl sites for hydroxylation is 1. The molecule has 0 aliphatic heterocycles. The monoisotopic (exact) mass is 311 g/mol. The quantitative estimate of drug-likeness (QED) is 0.663. The van der Waals surface area contributed by atoms with Crippen LogP contribution in [0.15, 0.2) is 55.5 Å². The molecule has 0 N–H and O–H groups in total. The Labute approximate surface area is 138 Å². The van der Waals surface area contributed by atoms with E-state index >= 15 is 0 Å². The Balaban J connectivity index is 1.95. The van der Waals surface area contributed by atoms with Gasteiger partial charge in [0.15, 0.2) is 0 Å². The van der Waals surface area contributed by atoms with Crippen LogP contribution in [0, 0.1) is 6.92 Å². The molecule has 0 saturated heterocycles. The smallest absolute Gasteiger partial charge is 0.213 e. The van der Waals surface area contributed by atoms with Crippen LogP contribution in [-0.4, -0.2) is 34.6 Å². The molecule has 2 aromatic rings. The van der Waals surface area contributed by atoms with E-state index < -0.39 is 0 Å². The zero-order valence-electron chi connectivity index (χ0n) is 14.0. The van der Waals surface area contributed by atoms with Crippen LogP contribution in [0.5, 0.6) is 5.88 Å². The Kier molecular flexibility index (Phi) is 6.76. The maximum atomic E-state index is 6.09. The summed E-state index contributed by atoms with van der Waals surface area (Å²) in [5.74, 6) is 0.689. The molecule has 23 heavy (non-hydrogen) atoms. The summed E-state index contributed by atoms with van der Waals surface area (Å²) in [6.45, 7) is 7.53. The minimum atomic E-state index is 0.0870. The molecule has 122 valence electrons. The average Bonchev–Trinajstić information content (AvgIpc) is 2.53. The second kappa shape index (κ2) is 9.06. The van der Waals surface area contributed by atoms with E-state index in [0.717, 1.165) is 31.5 Å². The Bertz CT molecular complexity index is 601. The summed E-state index contributed by atoms with van der Waals surface area (Å²) < 4.78 is 6.09. The van der Waals surface area contributed by atoms with Crippen molar-refractivity contribution in [2.45, 2.75) is 32.4 Å². The number of aromatic nitrogens is 2. The molecular weight excluding hydrogens is 286 g/mol. The van der Waals surface area contributed by atoms with Crippen LogP contribution >= 0.6 is 0 Å². The van der Waals surface area contributed by atoms with Crippen LogP contribution in [0.4, 0.5) is 0 Å². The number of allylic oxidation sites excluding steroid dienone is 1. The summed E-state index contributed by atoms with van der Waals surface area (Å²) in [4.78, 5) is 10.7. The maximum absolute atomic E-state index is 6.09. The first-order valence-electron chi connectivity index (χ1n) is 7.95. The number of pyridine rings is 2. The van der Waals surface area contributed by atoms with Crippen molar-refractivity contribution < 1.29 is 4.74 Å².